The Hall–Kier alpha value is -2.41. The fourth-order valence-electron chi connectivity index (χ4n) is 2.32. The number of carbonyl (C=O) groups is 2. The summed E-state index contributed by atoms with van der Waals surface area (Å²) in [6, 6.07) is 5.27. The summed E-state index contributed by atoms with van der Waals surface area (Å²) in [5, 5.41) is 9.27. The summed E-state index contributed by atoms with van der Waals surface area (Å²) in [7, 11) is 0. The number of hydrogen-bond donors (Lipinski definition) is 2. The molecule has 1 heterocycles. The van der Waals surface area contributed by atoms with Crippen molar-refractivity contribution in [3.8, 4) is 0 Å². The SMILES string of the molecule is Cc1ccc(C2CC2)cc1N(C(N)=O)c1ncc(C(=O)O)s1. The third-order valence-electron chi connectivity index (χ3n) is 3.64. The Balaban J connectivity index is 2.05. The second-order valence-corrected chi connectivity index (χ2v) is 6.32. The van der Waals surface area contributed by atoms with Gasteiger partial charge in [0.2, 0.25) is 0 Å². The molecule has 1 saturated carbocycles. The zero-order chi connectivity index (χ0) is 15.9. The fourth-order valence-corrected chi connectivity index (χ4v) is 3.10. The van der Waals surface area contributed by atoms with Crippen molar-refractivity contribution in [2.45, 2.75) is 25.7 Å². The molecule has 0 saturated heterocycles. The van der Waals surface area contributed by atoms with E-state index in [1.165, 1.54) is 16.7 Å². The van der Waals surface area contributed by atoms with Gasteiger partial charge < -0.3 is 10.8 Å². The van der Waals surface area contributed by atoms with E-state index >= 15 is 0 Å². The van der Waals surface area contributed by atoms with Crippen molar-refractivity contribution in [2.24, 2.45) is 5.73 Å². The molecule has 0 aliphatic heterocycles. The van der Waals surface area contributed by atoms with Crippen molar-refractivity contribution < 1.29 is 14.7 Å². The number of rotatable bonds is 4. The Bertz CT molecular complexity index is 752. The number of hydrogen-bond acceptors (Lipinski definition) is 4. The van der Waals surface area contributed by atoms with Crippen molar-refractivity contribution in [3.05, 3.63) is 40.4 Å². The molecule has 1 aromatic heterocycles. The molecule has 2 aromatic rings. The van der Waals surface area contributed by atoms with Gasteiger partial charge in [0.15, 0.2) is 5.13 Å². The maximum absolute atomic E-state index is 11.9. The number of amides is 2. The number of carboxylic acids is 1. The quantitative estimate of drug-likeness (QED) is 0.904. The highest BCUT2D eigenvalue weighted by Crippen LogP contribution is 2.42. The number of primary amides is 1. The van der Waals surface area contributed by atoms with E-state index in [2.05, 4.69) is 11.1 Å². The van der Waals surface area contributed by atoms with Crippen LogP contribution in [0.4, 0.5) is 15.6 Å². The Labute approximate surface area is 131 Å². The van der Waals surface area contributed by atoms with E-state index in [1.54, 1.807) is 0 Å². The zero-order valence-corrected chi connectivity index (χ0v) is 12.8. The molecule has 1 aliphatic carbocycles. The lowest BCUT2D eigenvalue weighted by Gasteiger charge is -2.20. The average Bonchev–Trinajstić information content (AvgIpc) is 3.19. The maximum Gasteiger partial charge on any atom is 0.347 e. The molecule has 6 nitrogen and oxygen atoms in total. The number of aromatic nitrogens is 1. The predicted molar refractivity (Wildman–Crippen MR) is 83.9 cm³/mol. The van der Waals surface area contributed by atoms with Crippen LogP contribution in [0.3, 0.4) is 0 Å². The molecular weight excluding hydrogens is 302 g/mol. The van der Waals surface area contributed by atoms with Gasteiger partial charge in [0.25, 0.3) is 0 Å². The molecule has 1 aliphatic rings. The number of urea groups is 1. The molecule has 1 aromatic carbocycles. The molecule has 3 N–H and O–H groups in total. The van der Waals surface area contributed by atoms with Crippen molar-refractivity contribution in [1.29, 1.82) is 0 Å². The number of nitrogens with two attached hydrogens (primary N) is 1. The number of carboxylic acid groups (broad SMARTS) is 1. The number of thiazole rings is 1. The fraction of sp³-hybridized carbons (Fsp3) is 0.267. The summed E-state index contributed by atoms with van der Waals surface area (Å²) in [4.78, 5) is 28.3. The molecule has 7 heteroatoms. The van der Waals surface area contributed by atoms with Gasteiger partial charge in [-0.15, -0.1) is 0 Å². The minimum absolute atomic E-state index is 0.0669. The van der Waals surface area contributed by atoms with Crippen LogP contribution in [0, 0.1) is 6.92 Å². The second kappa shape index (κ2) is 5.42. The van der Waals surface area contributed by atoms with Crippen LogP contribution in [0.5, 0.6) is 0 Å². The van der Waals surface area contributed by atoms with Gasteiger partial charge in [-0.2, -0.15) is 0 Å². The molecule has 22 heavy (non-hydrogen) atoms. The van der Waals surface area contributed by atoms with Gasteiger partial charge in [-0.3, -0.25) is 0 Å². The maximum atomic E-state index is 11.9. The van der Waals surface area contributed by atoms with Gasteiger partial charge in [0.05, 0.1) is 11.9 Å². The highest BCUT2D eigenvalue weighted by atomic mass is 32.1. The van der Waals surface area contributed by atoms with Crippen molar-refractivity contribution in [2.75, 3.05) is 4.90 Å². The first kappa shape index (κ1) is 14.5. The molecule has 1 fully saturated rings. The standard InChI is InChI=1S/C15H15N3O3S/c1-8-2-3-10(9-4-5-9)6-11(8)18(14(16)21)15-17-7-12(22-15)13(19)20/h2-3,6-7,9H,4-5H2,1H3,(H2,16,21)(H,19,20). The Kier molecular flexibility index (Phi) is 3.58. The number of aromatic carboxylic acids is 1. The van der Waals surface area contributed by atoms with Crippen LogP contribution in [0.25, 0.3) is 0 Å². The first-order valence-corrected chi connectivity index (χ1v) is 7.68. The van der Waals surface area contributed by atoms with E-state index in [9.17, 15) is 9.59 Å². The number of anilines is 2. The first-order valence-electron chi connectivity index (χ1n) is 6.86. The van der Waals surface area contributed by atoms with E-state index < -0.39 is 12.0 Å². The molecular formula is C15H15N3O3S. The molecule has 2 amide bonds. The van der Waals surface area contributed by atoms with E-state index in [4.69, 9.17) is 10.8 Å². The molecule has 114 valence electrons. The number of benzene rings is 1. The number of carbonyl (C=O) groups excluding carboxylic acids is 1. The Morgan fingerprint density at radius 3 is 2.68 bits per heavy atom. The van der Waals surface area contributed by atoms with Crippen LogP contribution in [-0.4, -0.2) is 22.1 Å². The number of aryl methyl sites for hydroxylation is 1. The van der Waals surface area contributed by atoms with E-state index in [-0.39, 0.29) is 10.0 Å². The predicted octanol–water partition coefficient (Wildman–Crippen LogP) is 3.24. The summed E-state index contributed by atoms with van der Waals surface area (Å²) < 4.78 is 0. The van der Waals surface area contributed by atoms with Gasteiger partial charge in [-0.25, -0.2) is 19.5 Å². The van der Waals surface area contributed by atoms with E-state index in [1.807, 2.05) is 19.1 Å². The lowest BCUT2D eigenvalue weighted by atomic mass is 10.1. The van der Waals surface area contributed by atoms with Gasteiger partial charge in [0, 0.05) is 0 Å². The van der Waals surface area contributed by atoms with Crippen LogP contribution < -0.4 is 10.6 Å². The zero-order valence-electron chi connectivity index (χ0n) is 11.9. The smallest absolute Gasteiger partial charge is 0.347 e. The van der Waals surface area contributed by atoms with Crippen LogP contribution in [0.1, 0.15) is 39.6 Å². The van der Waals surface area contributed by atoms with Crippen LogP contribution in [0.2, 0.25) is 0 Å². The van der Waals surface area contributed by atoms with Crippen LogP contribution in [0.15, 0.2) is 24.4 Å². The number of nitrogens with zero attached hydrogens (tertiary/aromatic N) is 2. The highest BCUT2D eigenvalue weighted by molar-refractivity contribution is 7.17. The molecule has 3 rings (SSSR count). The average molecular weight is 317 g/mol. The normalized spacial score (nSPS) is 13.9. The topological polar surface area (TPSA) is 96.5 Å². The third-order valence-corrected chi connectivity index (χ3v) is 4.61. The molecule has 0 bridgehead atoms. The Morgan fingerprint density at radius 1 is 1.41 bits per heavy atom. The summed E-state index contributed by atoms with van der Waals surface area (Å²) in [5.74, 6) is -0.531. The lowest BCUT2D eigenvalue weighted by Crippen LogP contribution is -2.32. The molecule has 0 atom stereocenters. The monoisotopic (exact) mass is 317 g/mol. The molecule has 0 radical (unpaired) electrons. The summed E-state index contributed by atoms with van der Waals surface area (Å²) in [6.45, 7) is 1.88. The minimum Gasteiger partial charge on any atom is -0.477 e. The first-order chi connectivity index (χ1) is 10.5. The largest absolute Gasteiger partial charge is 0.477 e. The van der Waals surface area contributed by atoms with Crippen molar-refractivity contribution in [3.63, 3.8) is 0 Å². The summed E-state index contributed by atoms with van der Waals surface area (Å²) in [6.07, 6.45) is 3.54. The summed E-state index contributed by atoms with van der Waals surface area (Å²) in [5.41, 5.74) is 8.21. The third kappa shape index (κ3) is 2.67. The van der Waals surface area contributed by atoms with Crippen molar-refractivity contribution >= 4 is 34.2 Å². The van der Waals surface area contributed by atoms with Gasteiger partial charge in [-0.05, 0) is 42.9 Å². The lowest BCUT2D eigenvalue weighted by molar-refractivity contribution is 0.0702. The van der Waals surface area contributed by atoms with Crippen molar-refractivity contribution in [1.82, 2.24) is 4.98 Å². The van der Waals surface area contributed by atoms with Gasteiger partial charge >= 0.3 is 12.0 Å². The minimum atomic E-state index is -1.07. The van der Waals surface area contributed by atoms with E-state index in [0.29, 0.717) is 11.6 Å². The highest BCUT2D eigenvalue weighted by Gasteiger charge is 2.27. The molecule has 0 spiro atoms. The van der Waals surface area contributed by atoms with E-state index in [0.717, 1.165) is 29.7 Å². The summed E-state index contributed by atoms with van der Waals surface area (Å²) >= 11 is 0.925. The van der Waals surface area contributed by atoms with Crippen LogP contribution in [-0.2, 0) is 0 Å². The Morgan fingerprint density at radius 2 is 2.14 bits per heavy atom. The van der Waals surface area contributed by atoms with Gasteiger partial charge in [-0.1, -0.05) is 23.5 Å². The van der Waals surface area contributed by atoms with Crippen LogP contribution >= 0.6 is 11.3 Å². The second-order valence-electron chi connectivity index (χ2n) is 5.31. The molecule has 0 unspecified atom stereocenters. The van der Waals surface area contributed by atoms with Gasteiger partial charge in [0.1, 0.15) is 4.88 Å².